The minimum atomic E-state index is -3.50. The number of amides is 2. The van der Waals surface area contributed by atoms with Gasteiger partial charge < -0.3 is 0 Å². The SMILES string of the molecule is O=C1[C@H]2CC=CC[C@H]2C(=O)N1CN1CCN(S(=O)(=O)/C=C/c2ccccc2)CC1. The van der Waals surface area contributed by atoms with Crippen LogP contribution in [0, 0.1) is 11.8 Å². The molecule has 1 aromatic carbocycles. The van der Waals surface area contributed by atoms with Gasteiger partial charge in [-0.2, -0.15) is 4.31 Å². The van der Waals surface area contributed by atoms with Crippen LogP contribution in [0.5, 0.6) is 0 Å². The zero-order valence-electron chi connectivity index (χ0n) is 16.2. The summed E-state index contributed by atoms with van der Waals surface area (Å²) in [7, 11) is -3.50. The van der Waals surface area contributed by atoms with Crippen LogP contribution in [0.2, 0.25) is 0 Å². The van der Waals surface area contributed by atoms with Crippen molar-refractivity contribution in [1.29, 1.82) is 0 Å². The number of sulfonamides is 1. The van der Waals surface area contributed by atoms with Gasteiger partial charge in [-0.3, -0.25) is 19.4 Å². The quantitative estimate of drug-likeness (QED) is 0.538. The largest absolute Gasteiger partial charge is 0.283 e. The van der Waals surface area contributed by atoms with E-state index in [2.05, 4.69) is 0 Å². The Labute approximate surface area is 171 Å². The molecule has 0 N–H and O–H groups in total. The fourth-order valence-electron chi connectivity index (χ4n) is 4.15. The first-order valence-electron chi connectivity index (χ1n) is 9.91. The number of imide groups is 1. The maximum absolute atomic E-state index is 12.6. The monoisotopic (exact) mass is 415 g/mol. The van der Waals surface area contributed by atoms with Gasteiger partial charge in [0.15, 0.2) is 0 Å². The zero-order valence-corrected chi connectivity index (χ0v) is 17.0. The standard InChI is InChI=1S/C21H25N3O4S/c25-20-18-8-4-5-9-19(18)21(26)24(20)16-22-11-13-23(14-12-22)29(27,28)15-10-17-6-2-1-3-7-17/h1-7,10,15,18-19H,8-9,11-14,16H2/b15-10+/t18-,19+. The van der Waals surface area contributed by atoms with Crippen LogP contribution in [0.25, 0.3) is 6.08 Å². The van der Waals surface area contributed by atoms with Crippen molar-refractivity contribution in [2.24, 2.45) is 11.8 Å². The summed E-state index contributed by atoms with van der Waals surface area (Å²) in [6.07, 6.45) is 6.81. The smallest absolute Gasteiger partial charge is 0.236 e. The topological polar surface area (TPSA) is 78.0 Å². The van der Waals surface area contributed by atoms with Crippen LogP contribution in [0.1, 0.15) is 18.4 Å². The number of carbonyl (C=O) groups excluding carboxylic acids is 2. The molecule has 2 heterocycles. The molecule has 1 aromatic rings. The number of nitrogens with zero attached hydrogens (tertiary/aromatic N) is 3. The molecular formula is C21H25N3O4S. The molecule has 0 spiro atoms. The normalized spacial score (nSPS) is 26.4. The molecule has 8 heteroatoms. The summed E-state index contributed by atoms with van der Waals surface area (Å²) in [4.78, 5) is 28.5. The van der Waals surface area contributed by atoms with Gasteiger partial charge in [-0.25, -0.2) is 8.42 Å². The molecule has 0 saturated carbocycles. The van der Waals surface area contributed by atoms with Crippen LogP contribution in [0.3, 0.4) is 0 Å². The van der Waals surface area contributed by atoms with Crippen LogP contribution in [-0.2, 0) is 19.6 Å². The Bertz CT molecular complexity index is 908. The van der Waals surface area contributed by atoms with Crippen LogP contribution >= 0.6 is 0 Å². The predicted octanol–water partition coefficient (Wildman–Crippen LogP) is 1.51. The van der Waals surface area contributed by atoms with Gasteiger partial charge in [0.2, 0.25) is 21.8 Å². The highest BCUT2D eigenvalue weighted by molar-refractivity contribution is 7.92. The van der Waals surface area contributed by atoms with E-state index in [1.54, 1.807) is 6.08 Å². The average Bonchev–Trinajstić information content (AvgIpc) is 2.99. The molecule has 2 atom stereocenters. The highest BCUT2D eigenvalue weighted by atomic mass is 32.2. The Morgan fingerprint density at radius 1 is 0.897 bits per heavy atom. The first kappa shape index (κ1) is 20.0. The lowest BCUT2D eigenvalue weighted by Crippen LogP contribution is -2.52. The van der Waals surface area contributed by atoms with E-state index in [0.717, 1.165) is 5.56 Å². The molecule has 3 aliphatic rings. The van der Waals surface area contributed by atoms with Gasteiger partial charge in [-0.05, 0) is 24.5 Å². The van der Waals surface area contributed by atoms with Gasteiger partial charge in [0.05, 0.1) is 18.5 Å². The molecule has 2 aliphatic heterocycles. The minimum absolute atomic E-state index is 0.0924. The van der Waals surface area contributed by atoms with E-state index in [9.17, 15) is 18.0 Å². The first-order valence-corrected chi connectivity index (χ1v) is 11.4. The van der Waals surface area contributed by atoms with E-state index >= 15 is 0 Å². The van der Waals surface area contributed by atoms with Crippen molar-refractivity contribution in [2.75, 3.05) is 32.8 Å². The Balaban J connectivity index is 1.33. The summed E-state index contributed by atoms with van der Waals surface area (Å²) in [5.41, 5.74) is 0.830. The molecule has 29 heavy (non-hydrogen) atoms. The summed E-state index contributed by atoms with van der Waals surface area (Å²) >= 11 is 0. The Morgan fingerprint density at radius 3 is 2.07 bits per heavy atom. The van der Waals surface area contributed by atoms with Crippen LogP contribution < -0.4 is 0 Å². The highest BCUT2D eigenvalue weighted by Crippen LogP contribution is 2.35. The lowest BCUT2D eigenvalue weighted by molar-refractivity contribution is -0.142. The van der Waals surface area contributed by atoms with Gasteiger partial charge in [-0.1, -0.05) is 42.5 Å². The van der Waals surface area contributed by atoms with Crippen molar-refractivity contribution in [3.63, 3.8) is 0 Å². The number of carbonyl (C=O) groups is 2. The number of allylic oxidation sites excluding steroid dienone is 2. The molecule has 154 valence electrons. The average molecular weight is 416 g/mol. The lowest BCUT2D eigenvalue weighted by atomic mass is 9.85. The molecule has 0 aromatic heterocycles. The molecule has 2 amide bonds. The third-order valence-electron chi connectivity index (χ3n) is 5.86. The molecule has 0 bridgehead atoms. The second-order valence-corrected chi connectivity index (χ2v) is 9.50. The number of hydrogen-bond acceptors (Lipinski definition) is 5. The summed E-state index contributed by atoms with van der Waals surface area (Å²) in [5.74, 6) is -0.634. The maximum Gasteiger partial charge on any atom is 0.236 e. The van der Waals surface area contributed by atoms with Gasteiger partial charge in [0, 0.05) is 31.6 Å². The van der Waals surface area contributed by atoms with Crippen LogP contribution in [-0.4, -0.2) is 67.2 Å². The van der Waals surface area contributed by atoms with Crippen molar-refractivity contribution in [1.82, 2.24) is 14.1 Å². The maximum atomic E-state index is 12.6. The van der Waals surface area contributed by atoms with Crippen LogP contribution in [0.15, 0.2) is 47.9 Å². The third kappa shape index (κ3) is 4.19. The summed E-state index contributed by atoms with van der Waals surface area (Å²) in [6, 6.07) is 9.30. The van der Waals surface area contributed by atoms with E-state index in [1.165, 1.54) is 14.6 Å². The van der Waals surface area contributed by atoms with Crippen molar-refractivity contribution >= 4 is 27.9 Å². The van der Waals surface area contributed by atoms with Crippen molar-refractivity contribution in [3.05, 3.63) is 53.5 Å². The lowest BCUT2D eigenvalue weighted by Gasteiger charge is -2.35. The van der Waals surface area contributed by atoms with E-state index in [1.807, 2.05) is 47.4 Å². The molecular weight excluding hydrogens is 390 g/mol. The van der Waals surface area contributed by atoms with E-state index in [4.69, 9.17) is 0 Å². The van der Waals surface area contributed by atoms with Crippen molar-refractivity contribution in [2.45, 2.75) is 12.8 Å². The number of hydrogen-bond donors (Lipinski definition) is 0. The molecule has 7 nitrogen and oxygen atoms in total. The second kappa shape index (κ2) is 8.22. The van der Waals surface area contributed by atoms with Gasteiger partial charge in [0.1, 0.15) is 0 Å². The fourth-order valence-corrected chi connectivity index (χ4v) is 5.32. The molecule has 0 unspecified atom stereocenters. The first-order chi connectivity index (χ1) is 14.0. The number of rotatable bonds is 5. The molecule has 0 radical (unpaired) electrons. The van der Waals surface area contributed by atoms with Crippen LogP contribution in [0.4, 0.5) is 0 Å². The van der Waals surface area contributed by atoms with Gasteiger partial charge in [0.25, 0.3) is 0 Å². The Morgan fingerprint density at radius 2 is 1.48 bits per heavy atom. The molecule has 4 rings (SSSR count). The van der Waals surface area contributed by atoms with Gasteiger partial charge >= 0.3 is 0 Å². The Kier molecular flexibility index (Phi) is 5.67. The summed E-state index contributed by atoms with van der Waals surface area (Å²) < 4.78 is 26.6. The summed E-state index contributed by atoms with van der Waals surface area (Å²) in [6.45, 7) is 1.91. The number of fused-ring (bicyclic) bond motifs is 1. The van der Waals surface area contributed by atoms with Gasteiger partial charge in [-0.15, -0.1) is 0 Å². The van der Waals surface area contributed by atoms with E-state index < -0.39 is 10.0 Å². The summed E-state index contributed by atoms with van der Waals surface area (Å²) in [5, 5.41) is 1.24. The Hall–Kier alpha value is -2.29. The number of piperazine rings is 1. The molecule has 2 saturated heterocycles. The highest BCUT2D eigenvalue weighted by Gasteiger charge is 2.47. The predicted molar refractivity (Wildman–Crippen MR) is 110 cm³/mol. The third-order valence-corrected chi connectivity index (χ3v) is 7.43. The second-order valence-electron chi connectivity index (χ2n) is 7.68. The minimum Gasteiger partial charge on any atom is -0.283 e. The van der Waals surface area contributed by atoms with E-state index in [-0.39, 0.29) is 30.3 Å². The number of benzene rings is 1. The zero-order chi connectivity index (χ0) is 20.4. The van der Waals surface area contributed by atoms with E-state index in [0.29, 0.717) is 39.0 Å². The van der Waals surface area contributed by atoms with Crippen molar-refractivity contribution in [3.8, 4) is 0 Å². The molecule has 1 aliphatic carbocycles. The molecule has 2 fully saturated rings. The number of likely N-dealkylation sites (tertiary alicyclic amines) is 1. The van der Waals surface area contributed by atoms with Crippen molar-refractivity contribution < 1.29 is 18.0 Å². The fraction of sp³-hybridized carbons (Fsp3) is 0.429.